The molecular formula is C17H15ClF2N2O4. The molecule has 26 heavy (non-hydrogen) atoms. The van der Waals surface area contributed by atoms with E-state index in [0.717, 1.165) is 18.2 Å². The Balaban J connectivity index is 2.08. The molecular weight excluding hydrogens is 370 g/mol. The summed E-state index contributed by atoms with van der Waals surface area (Å²) in [4.78, 5) is 23.9. The van der Waals surface area contributed by atoms with Crippen LogP contribution in [0.4, 0.5) is 20.2 Å². The molecule has 0 saturated heterocycles. The fraction of sp³-hybridized carbons (Fsp3) is 0.176. The van der Waals surface area contributed by atoms with E-state index in [9.17, 15) is 18.4 Å². The Bertz CT molecular complexity index is 826. The fourth-order valence-corrected chi connectivity index (χ4v) is 2.33. The predicted molar refractivity (Wildman–Crippen MR) is 92.8 cm³/mol. The number of carbonyl (C=O) groups is 2. The summed E-state index contributed by atoms with van der Waals surface area (Å²) >= 11 is 5.97. The van der Waals surface area contributed by atoms with Crippen molar-refractivity contribution in [3.8, 4) is 11.5 Å². The van der Waals surface area contributed by atoms with E-state index in [1.807, 2.05) is 5.32 Å². The van der Waals surface area contributed by atoms with Crippen molar-refractivity contribution in [2.75, 3.05) is 24.9 Å². The molecule has 9 heteroatoms. The van der Waals surface area contributed by atoms with Gasteiger partial charge in [0.15, 0.2) is 0 Å². The Morgan fingerprint density at radius 1 is 1.00 bits per heavy atom. The molecule has 2 amide bonds. The molecule has 0 fully saturated rings. The van der Waals surface area contributed by atoms with Crippen LogP contribution >= 0.6 is 11.6 Å². The molecule has 0 radical (unpaired) electrons. The number of ether oxygens (including phenoxy) is 2. The number of benzene rings is 2. The third kappa shape index (κ3) is 4.60. The summed E-state index contributed by atoms with van der Waals surface area (Å²) in [6.07, 6.45) is -0.665. The standard InChI is InChI=1S/C17H15ClF2N2O4/c1-25-13-7-12(14(26-2)6-9(13)18)21-15(23)8-16(24)22-17-10(19)4-3-5-11(17)20/h3-7H,8H2,1-2H3,(H,21,23)(H,22,24). The number of methoxy groups -OCH3 is 2. The minimum absolute atomic E-state index is 0.226. The van der Waals surface area contributed by atoms with Crippen molar-refractivity contribution in [2.45, 2.75) is 6.42 Å². The average Bonchev–Trinajstić information content (AvgIpc) is 2.59. The van der Waals surface area contributed by atoms with Crippen molar-refractivity contribution >= 4 is 34.8 Å². The van der Waals surface area contributed by atoms with Crippen LogP contribution < -0.4 is 20.1 Å². The number of amides is 2. The summed E-state index contributed by atoms with van der Waals surface area (Å²) in [6, 6.07) is 6.00. The van der Waals surface area contributed by atoms with E-state index in [1.54, 1.807) is 0 Å². The van der Waals surface area contributed by atoms with Crippen molar-refractivity contribution in [3.05, 3.63) is 47.0 Å². The Morgan fingerprint density at radius 3 is 2.15 bits per heavy atom. The maximum Gasteiger partial charge on any atom is 0.233 e. The molecule has 0 atom stereocenters. The third-order valence-corrected chi connectivity index (χ3v) is 3.59. The van der Waals surface area contributed by atoms with Crippen LogP contribution in [-0.4, -0.2) is 26.0 Å². The molecule has 0 unspecified atom stereocenters. The van der Waals surface area contributed by atoms with E-state index >= 15 is 0 Å². The van der Waals surface area contributed by atoms with Gasteiger partial charge in [0.25, 0.3) is 0 Å². The Labute approximate surface area is 153 Å². The number of anilines is 2. The van der Waals surface area contributed by atoms with Gasteiger partial charge in [0.05, 0.1) is 24.9 Å². The molecule has 0 heterocycles. The van der Waals surface area contributed by atoms with Gasteiger partial charge in [-0.3, -0.25) is 9.59 Å². The maximum absolute atomic E-state index is 13.5. The van der Waals surface area contributed by atoms with Crippen molar-refractivity contribution in [1.82, 2.24) is 0 Å². The molecule has 0 aliphatic heterocycles. The molecule has 2 aromatic rings. The largest absolute Gasteiger partial charge is 0.495 e. The maximum atomic E-state index is 13.5. The topological polar surface area (TPSA) is 76.7 Å². The van der Waals surface area contributed by atoms with Gasteiger partial charge in [0.2, 0.25) is 11.8 Å². The minimum Gasteiger partial charge on any atom is -0.495 e. The summed E-state index contributed by atoms with van der Waals surface area (Å²) in [5.74, 6) is -2.94. The molecule has 6 nitrogen and oxygen atoms in total. The first-order valence-electron chi connectivity index (χ1n) is 7.31. The van der Waals surface area contributed by atoms with Gasteiger partial charge in [-0.25, -0.2) is 8.78 Å². The zero-order chi connectivity index (χ0) is 19.3. The number of carbonyl (C=O) groups excluding carboxylic acids is 2. The number of hydrogen-bond acceptors (Lipinski definition) is 4. The first-order valence-corrected chi connectivity index (χ1v) is 7.68. The molecule has 0 aliphatic rings. The number of rotatable bonds is 6. The molecule has 2 rings (SSSR count). The lowest BCUT2D eigenvalue weighted by molar-refractivity contribution is -0.123. The average molecular weight is 385 g/mol. The van der Waals surface area contributed by atoms with Crippen molar-refractivity contribution in [3.63, 3.8) is 0 Å². The normalized spacial score (nSPS) is 10.2. The Kier molecular flexibility index (Phi) is 6.35. The number of nitrogens with one attached hydrogen (secondary N) is 2. The summed E-state index contributed by atoms with van der Waals surface area (Å²) < 4.78 is 37.2. The Morgan fingerprint density at radius 2 is 1.58 bits per heavy atom. The van der Waals surface area contributed by atoms with E-state index in [2.05, 4.69) is 5.32 Å². The van der Waals surface area contributed by atoms with Crippen molar-refractivity contribution < 1.29 is 27.8 Å². The van der Waals surface area contributed by atoms with Crippen LogP contribution in [0.15, 0.2) is 30.3 Å². The molecule has 2 N–H and O–H groups in total. The highest BCUT2D eigenvalue weighted by Crippen LogP contribution is 2.35. The molecule has 0 aromatic heterocycles. The van der Waals surface area contributed by atoms with Crippen LogP contribution in [0.1, 0.15) is 6.42 Å². The fourth-order valence-electron chi connectivity index (χ4n) is 2.10. The highest BCUT2D eigenvalue weighted by atomic mass is 35.5. The van der Waals surface area contributed by atoms with Crippen LogP contribution in [0.3, 0.4) is 0 Å². The van der Waals surface area contributed by atoms with Gasteiger partial charge >= 0.3 is 0 Å². The van der Waals surface area contributed by atoms with Crippen LogP contribution in [-0.2, 0) is 9.59 Å². The van der Waals surface area contributed by atoms with Gasteiger partial charge in [0, 0.05) is 12.1 Å². The van der Waals surface area contributed by atoms with Crippen LogP contribution in [0.2, 0.25) is 5.02 Å². The highest BCUT2D eigenvalue weighted by Gasteiger charge is 2.17. The van der Waals surface area contributed by atoms with Crippen LogP contribution in [0.5, 0.6) is 11.5 Å². The lowest BCUT2D eigenvalue weighted by atomic mass is 10.2. The minimum atomic E-state index is -0.942. The van der Waals surface area contributed by atoms with Crippen molar-refractivity contribution in [1.29, 1.82) is 0 Å². The van der Waals surface area contributed by atoms with Gasteiger partial charge in [-0.05, 0) is 12.1 Å². The van der Waals surface area contributed by atoms with E-state index in [1.165, 1.54) is 26.4 Å². The lowest BCUT2D eigenvalue weighted by Gasteiger charge is -2.13. The van der Waals surface area contributed by atoms with Gasteiger partial charge in [-0.15, -0.1) is 0 Å². The second kappa shape index (κ2) is 8.48. The molecule has 0 bridgehead atoms. The molecule has 0 spiro atoms. The summed E-state index contributed by atoms with van der Waals surface area (Å²) in [7, 11) is 2.77. The number of halogens is 3. The van der Waals surface area contributed by atoms with Gasteiger partial charge in [0.1, 0.15) is 35.2 Å². The quantitative estimate of drug-likeness (QED) is 0.746. The highest BCUT2D eigenvalue weighted by molar-refractivity contribution is 6.32. The monoisotopic (exact) mass is 384 g/mol. The molecule has 0 aliphatic carbocycles. The second-order valence-electron chi connectivity index (χ2n) is 5.06. The second-order valence-corrected chi connectivity index (χ2v) is 5.46. The lowest BCUT2D eigenvalue weighted by Crippen LogP contribution is -2.22. The molecule has 2 aromatic carbocycles. The number of para-hydroxylation sites is 1. The van der Waals surface area contributed by atoms with Gasteiger partial charge < -0.3 is 20.1 Å². The SMILES string of the molecule is COc1cc(NC(=O)CC(=O)Nc2c(F)cccc2F)c(OC)cc1Cl. The smallest absolute Gasteiger partial charge is 0.233 e. The summed E-state index contributed by atoms with van der Waals surface area (Å²) in [6.45, 7) is 0. The van der Waals surface area contributed by atoms with E-state index in [0.29, 0.717) is 5.75 Å². The first kappa shape index (κ1) is 19.5. The van der Waals surface area contributed by atoms with E-state index in [4.69, 9.17) is 21.1 Å². The zero-order valence-electron chi connectivity index (χ0n) is 13.9. The molecule has 138 valence electrons. The third-order valence-electron chi connectivity index (χ3n) is 3.30. The predicted octanol–water partition coefficient (Wildman–Crippen LogP) is 3.60. The van der Waals surface area contributed by atoms with Gasteiger partial charge in [-0.2, -0.15) is 0 Å². The van der Waals surface area contributed by atoms with Gasteiger partial charge in [-0.1, -0.05) is 17.7 Å². The first-order chi connectivity index (χ1) is 12.3. The molecule has 0 saturated carbocycles. The van der Waals surface area contributed by atoms with E-state index in [-0.39, 0.29) is 16.5 Å². The number of hydrogen-bond donors (Lipinski definition) is 2. The van der Waals surface area contributed by atoms with Crippen molar-refractivity contribution in [2.24, 2.45) is 0 Å². The summed E-state index contributed by atoms with van der Waals surface area (Å²) in [5, 5.41) is 4.76. The zero-order valence-corrected chi connectivity index (χ0v) is 14.6. The van der Waals surface area contributed by atoms with Crippen LogP contribution in [0, 0.1) is 11.6 Å². The van der Waals surface area contributed by atoms with Crippen LogP contribution in [0.25, 0.3) is 0 Å². The summed E-state index contributed by atoms with van der Waals surface area (Å²) in [5.41, 5.74) is -0.389. The Hall–Kier alpha value is -2.87. The van der Waals surface area contributed by atoms with E-state index < -0.39 is 35.6 Å².